The van der Waals surface area contributed by atoms with Crippen molar-refractivity contribution in [1.82, 2.24) is 14.7 Å². The first-order chi connectivity index (χ1) is 9.15. The van der Waals surface area contributed by atoms with E-state index in [1.54, 1.807) is 0 Å². The third kappa shape index (κ3) is 2.38. The van der Waals surface area contributed by atoms with Gasteiger partial charge in [0.2, 0.25) is 0 Å². The van der Waals surface area contributed by atoms with Crippen LogP contribution in [-0.4, -0.2) is 39.0 Å². The number of hydrogen-bond donors (Lipinski definition) is 1. The lowest BCUT2D eigenvalue weighted by atomic mass is 10.0. The van der Waals surface area contributed by atoms with Gasteiger partial charge in [0, 0.05) is 25.5 Å². The number of aliphatic hydroxyl groups is 1. The Bertz CT molecular complexity index is 576. The van der Waals surface area contributed by atoms with Crippen LogP contribution in [0.2, 0.25) is 0 Å². The summed E-state index contributed by atoms with van der Waals surface area (Å²) in [6.07, 6.45) is 0.882. The Morgan fingerprint density at radius 3 is 2.95 bits per heavy atom. The van der Waals surface area contributed by atoms with Crippen molar-refractivity contribution in [2.75, 3.05) is 13.1 Å². The fraction of sp³-hybridized carbons (Fsp3) is 0.533. The van der Waals surface area contributed by atoms with Crippen LogP contribution in [-0.2, 0) is 13.6 Å². The molecule has 0 amide bonds. The quantitative estimate of drug-likeness (QED) is 0.913. The lowest BCUT2D eigenvalue weighted by Crippen LogP contribution is -2.24. The third-order valence-electron chi connectivity index (χ3n) is 4.20. The smallest absolute Gasteiger partial charge is 0.0843 e. The highest BCUT2D eigenvalue weighted by molar-refractivity contribution is 5.81. The van der Waals surface area contributed by atoms with Crippen LogP contribution in [0.4, 0.5) is 0 Å². The molecule has 1 aliphatic heterocycles. The van der Waals surface area contributed by atoms with Crippen LogP contribution in [0.15, 0.2) is 24.3 Å². The second-order valence-electron chi connectivity index (χ2n) is 5.61. The van der Waals surface area contributed by atoms with Crippen molar-refractivity contribution in [3.8, 4) is 0 Å². The summed E-state index contributed by atoms with van der Waals surface area (Å²) in [5, 5.41) is 15.5. The first-order valence-electron chi connectivity index (χ1n) is 6.96. The van der Waals surface area contributed by atoms with Crippen molar-refractivity contribution in [2.24, 2.45) is 13.0 Å². The van der Waals surface area contributed by atoms with Gasteiger partial charge in [-0.1, -0.05) is 18.2 Å². The number of fused-ring (bicyclic) bond motifs is 1. The minimum absolute atomic E-state index is 0.203. The molecule has 4 nitrogen and oxygen atoms in total. The van der Waals surface area contributed by atoms with Crippen molar-refractivity contribution < 1.29 is 5.11 Å². The molecule has 1 aromatic heterocycles. The molecule has 102 valence electrons. The van der Waals surface area contributed by atoms with Gasteiger partial charge in [0.15, 0.2) is 0 Å². The molecule has 19 heavy (non-hydrogen) atoms. The second-order valence-corrected chi connectivity index (χ2v) is 5.61. The highest BCUT2D eigenvalue weighted by Crippen LogP contribution is 2.24. The molecule has 2 aromatic rings. The maximum Gasteiger partial charge on any atom is 0.0843 e. The Labute approximate surface area is 113 Å². The highest BCUT2D eigenvalue weighted by atomic mass is 16.3. The van der Waals surface area contributed by atoms with Gasteiger partial charge in [-0.2, -0.15) is 5.10 Å². The van der Waals surface area contributed by atoms with Crippen LogP contribution >= 0.6 is 0 Å². The number of hydrogen-bond acceptors (Lipinski definition) is 3. The van der Waals surface area contributed by atoms with E-state index in [2.05, 4.69) is 28.2 Å². The maximum absolute atomic E-state index is 9.67. The number of aryl methyl sites for hydroxylation is 1. The van der Waals surface area contributed by atoms with Crippen LogP contribution in [0.5, 0.6) is 0 Å². The van der Waals surface area contributed by atoms with Crippen LogP contribution < -0.4 is 0 Å². The van der Waals surface area contributed by atoms with E-state index in [0.29, 0.717) is 5.92 Å². The van der Waals surface area contributed by atoms with E-state index < -0.39 is 0 Å². The van der Waals surface area contributed by atoms with Crippen molar-refractivity contribution in [2.45, 2.75) is 26.0 Å². The van der Waals surface area contributed by atoms with Gasteiger partial charge < -0.3 is 5.11 Å². The summed E-state index contributed by atoms with van der Waals surface area (Å²) in [5.74, 6) is 0.412. The molecule has 0 saturated carbocycles. The standard InChI is InChI=1S/C15H21N3O/c1-11(19)12-7-8-18(9-12)10-14-13-5-3-4-6-15(13)17(2)16-14/h3-6,11-12,19H,7-10H2,1-2H3. The molecule has 4 heteroatoms. The Kier molecular flexibility index (Phi) is 3.29. The second kappa shape index (κ2) is 4.94. The van der Waals surface area contributed by atoms with Crippen LogP contribution in [0.25, 0.3) is 10.9 Å². The van der Waals surface area contributed by atoms with Crippen molar-refractivity contribution >= 4 is 10.9 Å². The molecule has 0 radical (unpaired) electrons. The summed E-state index contributed by atoms with van der Waals surface area (Å²) in [5.41, 5.74) is 2.33. The summed E-state index contributed by atoms with van der Waals surface area (Å²) in [4.78, 5) is 2.40. The summed E-state index contributed by atoms with van der Waals surface area (Å²) in [6.45, 7) is 4.80. The Morgan fingerprint density at radius 2 is 2.21 bits per heavy atom. The molecule has 2 unspecified atom stereocenters. The fourth-order valence-corrected chi connectivity index (χ4v) is 3.02. The molecule has 0 spiro atoms. The number of para-hydroxylation sites is 1. The average molecular weight is 259 g/mol. The van der Waals surface area contributed by atoms with Crippen molar-refractivity contribution in [3.63, 3.8) is 0 Å². The normalized spacial score (nSPS) is 22.2. The van der Waals surface area contributed by atoms with Gasteiger partial charge in [-0.25, -0.2) is 0 Å². The summed E-state index contributed by atoms with van der Waals surface area (Å²) in [6, 6.07) is 8.36. The lowest BCUT2D eigenvalue weighted by Gasteiger charge is -2.16. The molecule has 1 fully saturated rings. The monoisotopic (exact) mass is 259 g/mol. The topological polar surface area (TPSA) is 41.3 Å². The Hall–Kier alpha value is -1.39. The number of nitrogens with zero attached hydrogens (tertiary/aromatic N) is 3. The molecule has 1 aromatic carbocycles. The van der Waals surface area contributed by atoms with E-state index in [1.807, 2.05) is 24.7 Å². The molecule has 1 aliphatic rings. The number of aliphatic hydroxyl groups excluding tert-OH is 1. The molecule has 2 heterocycles. The SMILES string of the molecule is CC(O)C1CCN(Cc2nn(C)c3ccccc23)C1. The molecular formula is C15H21N3O. The summed E-state index contributed by atoms with van der Waals surface area (Å²) < 4.78 is 1.95. The largest absolute Gasteiger partial charge is 0.393 e. The van der Waals surface area contributed by atoms with Crippen LogP contribution in [0.1, 0.15) is 19.0 Å². The summed E-state index contributed by atoms with van der Waals surface area (Å²) >= 11 is 0. The fourth-order valence-electron chi connectivity index (χ4n) is 3.02. The van der Waals surface area contributed by atoms with Gasteiger partial charge in [-0.3, -0.25) is 9.58 Å². The van der Waals surface area contributed by atoms with Gasteiger partial charge >= 0.3 is 0 Å². The predicted molar refractivity (Wildman–Crippen MR) is 75.8 cm³/mol. The Morgan fingerprint density at radius 1 is 1.42 bits per heavy atom. The van der Waals surface area contributed by atoms with E-state index in [4.69, 9.17) is 0 Å². The van der Waals surface area contributed by atoms with Gasteiger partial charge in [-0.05, 0) is 31.9 Å². The molecule has 1 N–H and O–H groups in total. The van der Waals surface area contributed by atoms with Gasteiger partial charge in [0.1, 0.15) is 0 Å². The first kappa shape index (κ1) is 12.6. The predicted octanol–water partition coefficient (Wildman–Crippen LogP) is 1.78. The molecule has 2 atom stereocenters. The van der Waals surface area contributed by atoms with E-state index in [-0.39, 0.29) is 6.10 Å². The molecule has 1 saturated heterocycles. The van der Waals surface area contributed by atoms with Crippen LogP contribution in [0, 0.1) is 5.92 Å². The van der Waals surface area contributed by atoms with E-state index in [1.165, 1.54) is 10.9 Å². The lowest BCUT2D eigenvalue weighted by molar-refractivity contribution is 0.127. The van der Waals surface area contributed by atoms with E-state index in [9.17, 15) is 5.11 Å². The molecule has 0 aliphatic carbocycles. The van der Waals surface area contributed by atoms with Crippen LogP contribution in [0.3, 0.4) is 0 Å². The van der Waals surface area contributed by atoms with Crippen molar-refractivity contribution in [3.05, 3.63) is 30.0 Å². The number of aromatic nitrogens is 2. The molecular weight excluding hydrogens is 238 g/mol. The van der Waals surface area contributed by atoms with E-state index in [0.717, 1.165) is 31.7 Å². The number of likely N-dealkylation sites (tertiary alicyclic amines) is 1. The Balaban J connectivity index is 1.79. The summed E-state index contributed by atoms with van der Waals surface area (Å²) in [7, 11) is 1.99. The molecule has 0 bridgehead atoms. The van der Waals surface area contributed by atoms with Gasteiger partial charge in [0.25, 0.3) is 0 Å². The van der Waals surface area contributed by atoms with Crippen molar-refractivity contribution in [1.29, 1.82) is 0 Å². The minimum atomic E-state index is -0.203. The zero-order valence-electron chi connectivity index (χ0n) is 11.6. The number of benzene rings is 1. The average Bonchev–Trinajstić information content (AvgIpc) is 2.97. The maximum atomic E-state index is 9.67. The van der Waals surface area contributed by atoms with Gasteiger partial charge in [0.05, 0.1) is 17.3 Å². The zero-order chi connectivity index (χ0) is 13.4. The number of rotatable bonds is 3. The zero-order valence-corrected chi connectivity index (χ0v) is 11.6. The first-order valence-corrected chi connectivity index (χ1v) is 6.96. The molecule has 3 rings (SSSR count). The van der Waals surface area contributed by atoms with E-state index >= 15 is 0 Å². The minimum Gasteiger partial charge on any atom is -0.393 e. The highest BCUT2D eigenvalue weighted by Gasteiger charge is 2.26. The van der Waals surface area contributed by atoms with Gasteiger partial charge in [-0.15, -0.1) is 0 Å². The third-order valence-corrected chi connectivity index (χ3v) is 4.20.